The van der Waals surface area contributed by atoms with E-state index < -0.39 is 0 Å². The molecular formula is C12H17NO. The number of carbonyl (C=O) groups excluding carboxylic acids is 1. The number of Topliss-reactive ketones (excluding diaryl/α,β-unsaturated/α-hetero) is 1. The van der Waals surface area contributed by atoms with Crippen LogP contribution in [0.2, 0.25) is 0 Å². The lowest BCUT2D eigenvalue weighted by molar-refractivity contribution is -0.121. The van der Waals surface area contributed by atoms with Crippen LogP contribution in [0.25, 0.3) is 0 Å². The van der Waals surface area contributed by atoms with Crippen LogP contribution < -0.4 is 0 Å². The van der Waals surface area contributed by atoms with Crippen molar-refractivity contribution in [2.75, 3.05) is 0 Å². The van der Waals surface area contributed by atoms with E-state index in [2.05, 4.69) is 18.0 Å². The highest BCUT2D eigenvalue weighted by molar-refractivity contribution is 5.78. The van der Waals surface area contributed by atoms with Crippen LogP contribution in [0.4, 0.5) is 0 Å². The fourth-order valence-electron chi connectivity index (χ4n) is 1.58. The molecular weight excluding hydrogens is 174 g/mol. The summed E-state index contributed by atoms with van der Waals surface area (Å²) in [5.74, 6) is 0.520. The summed E-state index contributed by atoms with van der Waals surface area (Å²) in [5, 5.41) is 0. The van der Waals surface area contributed by atoms with Crippen LogP contribution in [0.1, 0.15) is 32.3 Å². The molecule has 0 spiro atoms. The highest BCUT2D eigenvalue weighted by Gasteiger charge is 2.11. The van der Waals surface area contributed by atoms with Crippen LogP contribution in [0.15, 0.2) is 24.5 Å². The van der Waals surface area contributed by atoms with Crippen LogP contribution in [0.3, 0.4) is 0 Å². The number of rotatable bonds is 5. The van der Waals surface area contributed by atoms with E-state index in [-0.39, 0.29) is 5.92 Å². The molecule has 0 aliphatic heterocycles. The third-order valence-corrected chi connectivity index (χ3v) is 2.57. The molecule has 0 aromatic carbocycles. The summed E-state index contributed by atoms with van der Waals surface area (Å²) in [7, 11) is 0. The number of nitrogens with zero attached hydrogens (tertiary/aromatic N) is 1. The number of ketones is 1. The summed E-state index contributed by atoms with van der Waals surface area (Å²) in [5.41, 5.74) is 1.22. The minimum atomic E-state index is 0.218. The Labute approximate surface area is 85.4 Å². The van der Waals surface area contributed by atoms with E-state index >= 15 is 0 Å². The lowest BCUT2D eigenvalue weighted by Gasteiger charge is -2.10. The third-order valence-electron chi connectivity index (χ3n) is 2.57. The molecule has 14 heavy (non-hydrogen) atoms. The molecule has 1 aromatic heterocycles. The highest BCUT2D eigenvalue weighted by atomic mass is 16.1. The van der Waals surface area contributed by atoms with Gasteiger partial charge >= 0.3 is 0 Å². The summed E-state index contributed by atoms with van der Waals surface area (Å²) in [6.45, 7) is 3.74. The number of pyridine rings is 1. The van der Waals surface area contributed by atoms with Gasteiger partial charge in [0, 0.05) is 18.3 Å². The number of aryl methyl sites for hydroxylation is 1. The van der Waals surface area contributed by atoms with E-state index in [0.717, 1.165) is 19.3 Å². The summed E-state index contributed by atoms with van der Waals surface area (Å²) >= 11 is 0. The average molecular weight is 191 g/mol. The summed E-state index contributed by atoms with van der Waals surface area (Å²) in [6.07, 6.45) is 6.47. The second-order valence-electron chi connectivity index (χ2n) is 3.62. The zero-order valence-corrected chi connectivity index (χ0v) is 8.86. The SMILES string of the molecule is CCC(CCc1cccnc1)C(C)=O. The molecule has 0 bridgehead atoms. The topological polar surface area (TPSA) is 30.0 Å². The van der Waals surface area contributed by atoms with E-state index in [1.807, 2.05) is 12.3 Å². The molecule has 0 aliphatic carbocycles. The predicted octanol–water partition coefficient (Wildman–Crippen LogP) is 2.63. The molecule has 2 heteroatoms. The Kier molecular flexibility index (Phi) is 4.30. The molecule has 0 saturated carbocycles. The minimum absolute atomic E-state index is 0.218. The monoisotopic (exact) mass is 191 g/mol. The van der Waals surface area contributed by atoms with Gasteiger partial charge in [-0.2, -0.15) is 0 Å². The fourth-order valence-corrected chi connectivity index (χ4v) is 1.58. The van der Waals surface area contributed by atoms with Crippen molar-refractivity contribution < 1.29 is 4.79 Å². The van der Waals surface area contributed by atoms with Gasteiger partial charge in [0.1, 0.15) is 5.78 Å². The fraction of sp³-hybridized carbons (Fsp3) is 0.500. The summed E-state index contributed by atoms with van der Waals surface area (Å²) in [6, 6.07) is 3.99. The maximum absolute atomic E-state index is 11.2. The van der Waals surface area contributed by atoms with Crippen molar-refractivity contribution in [2.45, 2.75) is 33.1 Å². The molecule has 0 aliphatic rings. The van der Waals surface area contributed by atoms with E-state index in [9.17, 15) is 4.79 Å². The Morgan fingerprint density at radius 2 is 2.36 bits per heavy atom. The Morgan fingerprint density at radius 3 is 2.86 bits per heavy atom. The first-order valence-electron chi connectivity index (χ1n) is 5.13. The molecule has 1 unspecified atom stereocenters. The van der Waals surface area contributed by atoms with E-state index in [1.165, 1.54) is 5.56 Å². The van der Waals surface area contributed by atoms with Gasteiger partial charge in [-0.1, -0.05) is 13.0 Å². The van der Waals surface area contributed by atoms with Crippen LogP contribution in [-0.2, 0) is 11.2 Å². The zero-order valence-electron chi connectivity index (χ0n) is 8.86. The van der Waals surface area contributed by atoms with Crippen molar-refractivity contribution >= 4 is 5.78 Å². The van der Waals surface area contributed by atoms with Crippen molar-refractivity contribution in [1.82, 2.24) is 4.98 Å². The van der Waals surface area contributed by atoms with Gasteiger partial charge in [-0.25, -0.2) is 0 Å². The van der Waals surface area contributed by atoms with Gasteiger partial charge in [0.15, 0.2) is 0 Å². The normalized spacial score (nSPS) is 12.4. The first-order chi connectivity index (χ1) is 6.74. The molecule has 0 radical (unpaired) electrons. The molecule has 1 atom stereocenters. The molecule has 0 fully saturated rings. The molecule has 76 valence electrons. The lowest BCUT2D eigenvalue weighted by atomic mass is 9.94. The molecule has 1 aromatic rings. The maximum atomic E-state index is 11.2. The molecule has 0 saturated heterocycles. The smallest absolute Gasteiger partial charge is 0.132 e. The highest BCUT2D eigenvalue weighted by Crippen LogP contribution is 2.13. The van der Waals surface area contributed by atoms with E-state index in [1.54, 1.807) is 13.1 Å². The summed E-state index contributed by atoms with van der Waals surface area (Å²) in [4.78, 5) is 15.2. The summed E-state index contributed by atoms with van der Waals surface area (Å²) < 4.78 is 0. The van der Waals surface area contributed by atoms with Gasteiger partial charge in [0.25, 0.3) is 0 Å². The van der Waals surface area contributed by atoms with Gasteiger partial charge in [0.2, 0.25) is 0 Å². The van der Waals surface area contributed by atoms with Gasteiger partial charge in [-0.05, 0) is 37.8 Å². The van der Waals surface area contributed by atoms with Gasteiger partial charge < -0.3 is 0 Å². The number of carbonyl (C=O) groups is 1. The standard InChI is InChI=1S/C12H17NO/c1-3-12(10(2)14)7-6-11-5-4-8-13-9-11/h4-5,8-9,12H,3,6-7H2,1-2H3. The van der Waals surface area contributed by atoms with Crippen LogP contribution in [0.5, 0.6) is 0 Å². The van der Waals surface area contributed by atoms with Crippen molar-refractivity contribution in [3.63, 3.8) is 0 Å². The van der Waals surface area contributed by atoms with Crippen LogP contribution >= 0.6 is 0 Å². The van der Waals surface area contributed by atoms with Crippen molar-refractivity contribution in [3.8, 4) is 0 Å². The Balaban J connectivity index is 2.44. The van der Waals surface area contributed by atoms with E-state index in [4.69, 9.17) is 0 Å². The minimum Gasteiger partial charge on any atom is -0.300 e. The molecule has 0 amide bonds. The molecule has 1 rings (SSSR count). The molecule has 1 heterocycles. The zero-order chi connectivity index (χ0) is 10.4. The number of hydrogen-bond acceptors (Lipinski definition) is 2. The Hall–Kier alpha value is -1.18. The van der Waals surface area contributed by atoms with Crippen LogP contribution in [0, 0.1) is 5.92 Å². The van der Waals surface area contributed by atoms with Gasteiger partial charge in [-0.3, -0.25) is 9.78 Å². The first-order valence-corrected chi connectivity index (χ1v) is 5.13. The van der Waals surface area contributed by atoms with E-state index in [0.29, 0.717) is 5.78 Å². The Bertz CT molecular complexity index is 282. The van der Waals surface area contributed by atoms with Gasteiger partial charge in [-0.15, -0.1) is 0 Å². The lowest BCUT2D eigenvalue weighted by Crippen LogP contribution is -2.10. The first kappa shape index (κ1) is 10.9. The number of aromatic nitrogens is 1. The van der Waals surface area contributed by atoms with Crippen LogP contribution in [-0.4, -0.2) is 10.8 Å². The largest absolute Gasteiger partial charge is 0.300 e. The molecule has 0 N–H and O–H groups in total. The average Bonchev–Trinajstić information content (AvgIpc) is 2.20. The third kappa shape index (κ3) is 3.29. The number of hydrogen-bond donors (Lipinski definition) is 0. The predicted molar refractivity (Wildman–Crippen MR) is 57.0 cm³/mol. The second-order valence-corrected chi connectivity index (χ2v) is 3.62. The quantitative estimate of drug-likeness (QED) is 0.716. The second kappa shape index (κ2) is 5.53. The van der Waals surface area contributed by atoms with Crippen molar-refractivity contribution in [3.05, 3.63) is 30.1 Å². The van der Waals surface area contributed by atoms with Crippen molar-refractivity contribution in [1.29, 1.82) is 0 Å². The maximum Gasteiger partial charge on any atom is 0.132 e. The molecule has 2 nitrogen and oxygen atoms in total. The van der Waals surface area contributed by atoms with Gasteiger partial charge in [0.05, 0.1) is 0 Å². The van der Waals surface area contributed by atoms with Crippen molar-refractivity contribution in [2.24, 2.45) is 5.92 Å². The Morgan fingerprint density at radius 1 is 1.57 bits per heavy atom.